The molecule has 0 spiro atoms. The number of rotatable bonds is 2. The first-order valence-electron chi connectivity index (χ1n) is 4.54. The van der Waals surface area contributed by atoms with Crippen LogP contribution in [0.4, 0.5) is 4.39 Å². The maximum atomic E-state index is 13.0. The van der Waals surface area contributed by atoms with Gasteiger partial charge < -0.3 is 5.73 Å². The smallest absolute Gasteiger partial charge is 0.123 e. The highest BCUT2D eigenvalue weighted by atomic mass is 19.1. The van der Waals surface area contributed by atoms with Gasteiger partial charge in [0.1, 0.15) is 5.82 Å². The minimum absolute atomic E-state index is 0.299. The van der Waals surface area contributed by atoms with Crippen LogP contribution in [-0.4, -0.2) is 9.97 Å². The van der Waals surface area contributed by atoms with E-state index in [2.05, 4.69) is 9.97 Å². The molecule has 0 saturated heterocycles. The van der Waals surface area contributed by atoms with Crippen molar-refractivity contribution in [3.63, 3.8) is 0 Å². The normalized spacial score (nSPS) is 12.4. The molecule has 0 amide bonds. The molecule has 0 radical (unpaired) electrons. The second-order valence-corrected chi connectivity index (χ2v) is 3.16. The van der Waals surface area contributed by atoms with Crippen LogP contribution < -0.4 is 5.73 Å². The SMILES string of the molecule is NC(c1cccc(F)c1)c1cnccn1. The van der Waals surface area contributed by atoms with E-state index in [4.69, 9.17) is 5.73 Å². The zero-order valence-electron chi connectivity index (χ0n) is 7.97. The van der Waals surface area contributed by atoms with Crippen molar-refractivity contribution < 1.29 is 4.39 Å². The Morgan fingerprint density at radius 3 is 2.80 bits per heavy atom. The standard InChI is InChI=1S/C11H10FN3/c12-9-3-1-2-8(6-9)11(13)10-7-14-4-5-15-10/h1-7,11H,13H2. The fraction of sp³-hybridized carbons (Fsp3) is 0.0909. The van der Waals surface area contributed by atoms with Gasteiger partial charge in [-0.15, -0.1) is 0 Å². The van der Waals surface area contributed by atoms with Gasteiger partial charge in [-0.05, 0) is 17.7 Å². The van der Waals surface area contributed by atoms with E-state index >= 15 is 0 Å². The summed E-state index contributed by atoms with van der Waals surface area (Å²) in [6, 6.07) is 5.74. The predicted molar refractivity (Wildman–Crippen MR) is 54.5 cm³/mol. The minimum Gasteiger partial charge on any atom is -0.319 e. The van der Waals surface area contributed by atoms with Crippen LogP contribution in [0.3, 0.4) is 0 Å². The van der Waals surface area contributed by atoms with Crippen molar-refractivity contribution in [1.82, 2.24) is 9.97 Å². The summed E-state index contributed by atoms with van der Waals surface area (Å²) in [5, 5.41) is 0. The zero-order valence-corrected chi connectivity index (χ0v) is 7.97. The summed E-state index contributed by atoms with van der Waals surface area (Å²) in [4.78, 5) is 7.99. The number of hydrogen-bond acceptors (Lipinski definition) is 3. The monoisotopic (exact) mass is 203 g/mol. The molecule has 3 nitrogen and oxygen atoms in total. The second-order valence-electron chi connectivity index (χ2n) is 3.16. The highest BCUT2D eigenvalue weighted by Crippen LogP contribution is 2.17. The molecule has 1 aromatic heterocycles. The lowest BCUT2D eigenvalue weighted by molar-refractivity contribution is 0.623. The van der Waals surface area contributed by atoms with Crippen LogP contribution in [-0.2, 0) is 0 Å². The molecule has 2 rings (SSSR count). The molecule has 0 fully saturated rings. The number of nitrogens with two attached hydrogens (primary N) is 1. The highest BCUT2D eigenvalue weighted by Gasteiger charge is 2.10. The Bertz CT molecular complexity index is 445. The first kappa shape index (κ1) is 9.73. The molecule has 2 aromatic rings. The average Bonchev–Trinajstić information content (AvgIpc) is 2.29. The molecule has 76 valence electrons. The average molecular weight is 203 g/mol. The first-order chi connectivity index (χ1) is 7.27. The van der Waals surface area contributed by atoms with Crippen LogP contribution in [0.15, 0.2) is 42.9 Å². The van der Waals surface area contributed by atoms with Crippen molar-refractivity contribution >= 4 is 0 Å². The van der Waals surface area contributed by atoms with Gasteiger partial charge in [-0.1, -0.05) is 12.1 Å². The highest BCUT2D eigenvalue weighted by molar-refractivity contribution is 5.26. The molecule has 1 aromatic carbocycles. The van der Waals surface area contributed by atoms with E-state index in [0.29, 0.717) is 11.3 Å². The molecular formula is C11H10FN3. The van der Waals surface area contributed by atoms with Crippen LogP contribution >= 0.6 is 0 Å². The summed E-state index contributed by atoms with van der Waals surface area (Å²) in [7, 11) is 0. The number of halogens is 1. The van der Waals surface area contributed by atoms with E-state index in [1.165, 1.54) is 12.1 Å². The third kappa shape index (κ3) is 2.16. The summed E-state index contributed by atoms with van der Waals surface area (Å²) < 4.78 is 13.0. The number of hydrogen-bond donors (Lipinski definition) is 1. The van der Waals surface area contributed by atoms with E-state index in [1.54, 1.807) is 30.7 Å². The molecule has 1 unspecified atom stereocenters. The summed E-state index contributed by atoms with van der Waals surface area (Å²) >= 11 is 0. The zero-order chi connectivity index (χ0) is 10.7. The van der Waals surface area contributed by atoms with Gasteiger partial charge in [0.2, 0.25) is 0 Å². The number of nitrogens with zero attached hydrogens (tertiary/aromatic N) is 2. The third-order valence-electron chi connectivity index (χ3n) is 2.11. The molecule has 0 bridgehead atoms. The van der Waals surface area contributed by atoms with E-state index in [0.717, 1.165) is 0 Å². The van der Waals surface area contributed by atoms with E-state index in [-0.39, 0.29) is 5.82 Å². The summed E-state index contributed by atoms with van der Waals surface area (Å²) in [6.07, 6.45) is 4.71. The Morgan fingerprint density at radius 2 is 2.13 bits per heavy atom. The molecule has 2 N–H and O–H groups in total. The molecule has 1 atom stereocenters. The molecule has 0 aliphatic rings. The van der Waals surface area contributed by atoms with E-state index in [1.807, 2.05) is 0 Å². The van der Waals surface area contributed by atoms with Gasteiger partial charge in [-0.25, -0.2) is 4.39 Å². The fourth-order valence-corrected chi connectivity index (χ4v) is 1.34. The van der Waals surface area contributed by atoms with Gasteiger partial charge in [0.15, 0.2) is 0 Å². The lowest BCUT2D eigenvalue weighted by Gasteiger charge is -2.10. The van der Waals surface area contributed by atoms with Crippen LogP contribution in [0, 0.1) is 5.82 Å². The molecule has 15 heavy (non-hydrogen) atoms. The Hall–Kier alpha value is -1.81. The molecule has 0 aliphatic carbocycles. The molecule has 0 aliphatic heterocycles. The number of aromatic nitrogens is 2. The largest absolute Gasteiger partial charge is 0.319 e. The number of benzene rings is 1. The van der Waals surface area contributed by atoms with E-state index < -0.39 is 6.04 Å². The summed E-state index contributed by atoms with van der Waals surface area (Å²) in [5.41, 5.74) is 7.23. The van der Waals surface area contributed by atoms with Crippen LogP contribution in [0.5, 0.6) is 0 Å². The molecule has 1 heterocycles. The van der Waals surface area contributed by atoms with Crippen molar-refractivity contribution in [2.75, 3.05) is 0 Å². The maximum absolute atomic E-state index is 13.0. The molecule has 0 saturated carbocycles. The second kappa shape index (κ2) is 4.14. The van der Waals surface area contributed by atoms with Crippen molar-refractivity contribution in [2.45, 2.75) is 6.04 Å². The van der Waals surface area contributed by atoms with Gasteiger partial charge >= 0.3 is 0 Å². The van der Waals surface area contributed by atoms with Gasteiger partial charge in [0.05, 0.1) is 17.9 Å². The Labute approximate surface area is 86.8 Å². The van der Waals surface area contributed by atoms with Crippen molar-refractivity contribution in [1.29, 1.82) is 0 Å². The molecular weight excluding hydrogens is 193 g/mol. The van der Waals surface area contributed by atoms with Gasteiger partial charge in [0.25, 0.3) is 0 Å². The summed E-state index contributed by atoms with van der Waals surface area (Å²) in [5.74, 6) is -0.299. The topological polar surface area (TPSA) is 51.8 Å². The van der Waals surface area contributed by atoms with Gasteiger partial charge in [-0.3, -0.25) is 9.97 Å². The minimum atomic E-state index is -0.436. The quantitative estimate of drug-likeness (QED) is 0.807. The predicted octanol–water partition coefficient (Wildman–Crippen LogP) is 1.66. The Morgan fingerprint density at radius 1 is 1.27 bits per heavy atom. The van der Waals surface area contributed by atoms with Crippen molar-refractivity contribution in [3.05, 3.63) is 59.9 Å². The van der Waals surface area contributed by atoms with Crippen LogP contribution in [0.25, 0.3) is 0 Å². The third-order valence-corrected chi connectivity index (χ3v) is 2.11. The van der Waals surface area contributed by atoms with Crippen molar-refractivity contribution in [2.24, 2.45) is 5.73 Å². The lowest BCUT2D eigenvalue weighted by atomic mass is 10.1. The van der Waals surface area contributed by atoms with E-state index in [9.17, 15) is 4.39 Å². The fourth-order valence-electron chi connectivity index (χ4n) is 1.34. The van der Waals surface area contributed by atoms with Gasteiger partial charge in [-0.2, -0.15) is 0 Å². The Kier molecular flexibility index (Phi) is 2.69. The maximum Gasteiger partial charge on any atom is 0.123 e. The Balaban J connectivity index is 2.32. The lowest BCUT2D eigenvalue weighted by Crippen LogP contribution is -2.13. The first-order valence-corrected chi connectivity index (χ1v) is 4.54. The van der Waals surface area contributed by atoms with Crippen LogP contribution in [0.2, 0.25) is 0 Å². The van der Waals surface area contributed by atoms with Crippen molar-refractivity contribution in [3.8, 4) is 0 Å². The molecule has 4 heteroatoms. The summed E-state index contributed by atoms with van der Waals surface area (Å²) in [6.45, 7) is 0. The van der Waals surface area contributed by atoms with Crippen LogP contribution in [0.1, 0.15) is 17.3 Å². The van der Waals surface area contributed by atoms with Gasteiger partial charge in [0, 0.05) is 12.4 Å².